The quantitative estimate of drug-likeness (QED) is 0.432. The lowest BCUT2D eigenvalue weighted by atomic mass is 10.2. The number of hydrogen-bond donors (Lipinski definition) is 1. The molecular weight excluding hydrogens is 264 g/mol. The van der Waals surface area contributed by atoms with Crippen LogP contribution in [0.2, 0.25) is 0 Å². The summed E-state index contributed by atoms with van der Waals surface area (Å²) in [6.07, 6.45) is 2.32. The average molecular weight is 293 g/mol. The number of carbonyl (C=O) groups excluding carboxylic acids is 1. The third-order valence-electron chi connectivity index (χ3n) is 3.77. The van der Waals surface area contributed by atoms with Gasteiger partial charge in [-0.3, -0.25) is 0 Å². The minimum Gasteiger partial charge on any atom is -0.456 e. The molecule has 0 fully saturated rings. The van der Waals surface area contributed by atoms with E-state index in [1.165, 1.54) is 6.42 Å². The molecule has 0 saturated carbocycles. The van der Waals surface area contributed by atoms with E-state index in [-0.39, 0.29) is 5.97 Å². The summed E-state index contributed by atoms with van der Waals surface area (Å²) in [5.74, 6) is -0.244. The van der Waals surface area contributed by atoms with Crippen LogP contribution in [0.15, 0.2) is 24.3 Å². The lowest BCUT2D eigenvalue weighted by Crippen LogP contribution is -2.42. The van der Waals surface area contributed by atoms with Crippen molar-refractivity contribution in [1.29, 1.82) is 0 Å². The highest BCUT2D eigenvalue weighted by atomic mass is 16.5. The normalized spacial score (nSPS) is 11.2. The number of ether oxygens (including phenoxy) is 1. The molecule has 1 N–H and O–H groups in total. The molecule has 21 heavy (non-hydrogen) atoms. The Hall–Kier alpha value is -1.55. The van der Waals surface area contributed by atoms with Crippen LogP contribution in [0.1, 0.15) is 37.0 Å². The summed E-state index contributed by atoms with van der Waals surface area (Å²) in [5.41, 5.74) is 1.65. The Morgan fingerprint density at radius 1 is 1.19 bits per heavy atom. The molecule has 4 heteroatoms. The zero-order valence-corrected chi connectivity index (χ0v) is 13.8. The molecule has 1 aromatic carbocycles. The van der Waals surface area contributed by atoms with Gasteiger partial charge >= 0.3 is 5.97 Å². The molecule has 1 rings (SSSR count). The topological polar surface area (TPSA) is 38.3 Å². The van der Waals surface area contributed by atoms with E-state index < -0.39 is 0 Å². The Balaban J connectivity index is 2.41. The molecule has 0 aliphatic rings. The summed E-state index contributed by atoms with van der Waals surface area (Å²) < 4.78 is 6.18. The first-order valence-corrected chi connectivity index (χ1v) is 7.81. The smallest absolute Gasteiger partial charge is 0.338 e. The van der Waals surface area contributed by atoms with Gasteiger partial charge in [-0.2, -0.15) is 0 Å². The van der Waals surface area contributed by atoms with Crippen LogP contribution in [-0.2, 0) is 4.74 Å². The number of hydrogen-bond acceptors (Lipinski definition) is 3. The maximum absolute atomic E-state index is 11.9. The number of rotatable bonds is 9. The molecule has 1 aromatic rings. The van der Waals surface area contributed by atoms with Gasteiger partial charge in [0.15, 0.2) is 0 Å². The molecule has 4 nitrogen and oxygen atoms in total. The monoisotopic (exact) mass is 293 g/mol. The highest BCUT2D eigenvalue weighted by Crippen LogP contribution is 2.11. The molecule has 0 radical (unpaired) electrons. The van der Waals surface area contributed by atoms with Crippen molar-refractivity contribution < 1.29 is 14.0 Å². The fourth-order valence-corrected chi connectivity index (χ4v) is 1.76. The van der Waals surface area contributed by atoms with Crippen LogP contribution in [0.4, 0.5) is 5.69 Å². The number of esters is 1. The van der Waals surface area contributed by atoms with Crippen molar-refractivity contribution in [1.82, 2.24) is 0 Å². The highest BCUT2D eigenvalue weighted by molar-refractivity contribution is 5.89. The summed E-state index contributed by atoms with van der Waals surface area (Å²) in [7, 11) is 4.26. The Kier molecular flexibility index (Phi) is 7.23. The fraction of sp³-hybridized carbons (Fsp3) is 0.588. The van der Waals surface area contributed by atoms with Crippen molar-refractivity contribution >= 4 is 11.7 Å². The zero-order chi connectivity index (χ0) is 15.7. The van der Waals surface area contributed by atoms with E-state index in [1.54, 1.807) is 0 Å². The van der Waals surface area contributed by atoms with Crippen LogP contribution in [0, 0.1) is 0 Å². The number of carbonyl (C=O) groups is 1. The van der Waals surface area contributed by atoms with Gasteiger partial charge in [0, 0.05) is 12.2 Å². The molecule has 0 aliphatic carbocycles. The Morgan fingerprint density at radius 3 is 2.43 bits per heavy atom. The second kappa shape index (κ2) is 8.67. The molecule has 0 heterocycles. The predicted octanol–water partition coefficient (Wildman–Crippen LogP) is 3.15. The molecule has 0 aliphatic heterocycles. The third kappa shape index (κ3) is 6.63. The number of benzene rings is 1. The van der Waals surface area contributed by atoms with Gasteiger partial charge in [-0.15, -0.1) is 0 Å². The molecule has 0 bridgehead atoms. The summed E-state index contributed by atoms with van der Waals surface area (Å²) in [4.78, 5) is 11.9. The SMILES string of the molecule is CCCCNc1ccc(C(=O)OCC[N+](C)(C)CC)cc1. The molecule has 118 valence electrons. The van der Waals surface area contributed by atoms with Gasteiger partial charge < -0.3 is 14.5 Å². The Morgan fingerprint density at radius 2 is 1.86 bits per heavy atom. The van der Waals surface area contributed by atoms with Gasteiger partial charge in [0.2, 0.25) is 0 Å². The van der Waals surface area contributed by atoms with Crippen LogP contribution in [0.5, 0.6) is 0 Å². The lowest BCUT2D eigenvalue weighted by Gasteiger charge is -2.27. The molecule has 0 spiro atoms. The van der Waals surface area contributed by atoms with Crippen LogP contribution >= 0.6 is 0 Å². The number of anilines is 1. The summed E-state index contributed by atoms with van der Waals surface area (Å²) in [5, 5.41) is 3.33. The first kappa shape index (κ1) is 17.5. The first-order chi connectivity index (χ1) is 9.98. The van der Waals surface area contributed by atoms with E-state index in [1.807, 2.05) is 24.3 Å². The zero-order valence-electron chi connectivity index (χ0n) is 13.8. The number of unbranched alkanes of at least 4 members (excludes halogenated alkanes) is 1. The van der Waals surface area contributed by atoms with Crippen LogP contribution < -0.4 is 5.32 Å². The minimum atomic E-state index is -0.244. The Labute approximate surface area is 128 Å². The van der Waals surface area contributed by atoms with Crippen molar-refractivity contribution in [2.24, 2.45) is 0 Å². The van der Waals surface area contributed by atoms with Gasteiger partial charge in [0.25, 0.3) is 0 Å². The van der Waals surface area contributed by atoms with Gasteiger partial charge in [-0.25, -0.2) is 4.79 Å². The number of likely N-dealkylation sites (N-methyl/N-ethyl adjacent to an activating group) is 1. The van der Waals surface area contributed by atoms with Crippen LogP contribution in [0.25, 0.3) is 0 Å². The van der Waals surface area contributed by atoms with E-state index in [4.69, 9.17) is 4.74 Å². The second-order valence-corrected chi connectivity index (χ2v) is 5.97. The predicted molar refractivity (Wildman–Crippen MR) is 87.6 cm³/mol. The molecular formula is C17H29N2O2+. The van der Waals surface area contributed by atoms with Gasteiger partial charge in [0.05, 0.1) is 26.2 Å². The van der Waals surface area contributed by atoms with Gasteiger partial charge in [-0.05, 0) is 37.6 Å². The van der Waals surface area contributed by atoms with Crippen LogP contribution in [0.3, 0.4) is 0 Å². The van der Waals surface area contributed by atoms with Gasteiger partial charge in [-0.1, -0.05) is 13.3 Å². The number of nitrogens with one attached hydrogen (secondary N) is 1. The standard InChI is InChI=1S/C17H28N2O2/c1-5-7-12-18-16-10-8-15(9-11-16)17(20)21-14-13-19(3,4)6-2/h8-11H,5-7,12-14H2,1-4H3/p+1. The average Bonchev–Trinajstić information content (AvgIpc) is 2.48. The molecule has 0 saturated heterocycles. The molecule has 0 aromatic heterocycles. The largest absolute Gasteiger partial charge is 0.456 e. The second-order valence-electron chi connectivity index (χ2n) is 5.97. The van der Waals surface area contributed by atoms with Crippen molar-refractivity contribution in [2.45, 2.75) is 26.7 Å². The summed E-state index contributed by atoms with van der Waals surface area (Å²) in [6, 6.07) is 7.49. The maximum Gasteiger partial charge on any atom is 0.338 e. The molecule has 0 unspecified atom stereocenters. The van der Waals surface area contributed by atoms with E-state index >= 15 is 0 Å². The summed E-state index contributed by atoms with van der Waals surface area (Å²) in [6.45, 7) is 7.57. The highest BCUT2D eigenvalue weighted by Gasteiger charge is 2.13. The number of quaternary nitrogens is 1. The lowest BCUT2D eigenvalue weighted by molar-refractivity contribution is -0.888. The van der Waals surface area contributed by atoms with E-state index in [2.05, 4.69) is 33.3 Å². The van der Waals surface area contributed by atoms with E-state index in [0.29, 0.717) is 12.2 Å². The fourth-order valence-electron chi connectivity index (χ4n) is 1.76. The minimum absolute atomic E-state index is 0.244. The van der Waals surface area contributed by atoms with Crippen LogP contribution in [-0.4, -0.2) is 50.8 Å². The third-order valence-corrected chi connectivity index (χ3v) is 3.77. The summed E-state index contributed by atoms with van der Waals surface area (Å²) >= 11 is 0. The molecule has 0 amide bonds. The van der Waals surface area contributed by atoms with Crippen molar-refractivity contribution in [2.75, 3.05) is 45.7 Å². The van der Waals surface area contributed by atoms with Gasteiger partial charge in [0.1, 0.15) is 13.2 Å². The maximum atomic E-state index is 11.9. The Bertz CT molecular complexity index is 427. The van der Waals surface area contributed by atoms with E-state index in [0.717, 1.165) is 36.2 Å². The number of nitrogens with zero attached hydrogens (tertiary/aromatic N) is 1. The molecule has 0 atom stereocenters. The van der Waals surface area contributed by atoms with Crippen molar-refractivity contribution in [3.63, 3.8) is 0 Å². The van der Waals surface area contributed by atoms with Crippen molar-refractivity contribution in [3.05, 3.63) is 29.8 Å². The van der Waals surface area contributed by atoms with Crippen molar-refractivity contribution in [3.8, 4) is 0 Å². The van der Waals surface area contributed by atoms with E-state index in [9.17, 15) is 4.79 Å². The first-order valence-electron chi connectivity index (χ1n) is 7.81.